The number of fused-ring (bicyclic) bond motifs is 3. The number of carbonyl (C=O) groups excluding carboxylic acids is 1. The lowest BCUT2D eigenvalue weighted by molar-refractivity contribution is 0.0784. The minimum Gasteiger partial charge on any atom is -0.338 e. The maximum atomic E-state index is 13.4. The summed E-state index contributed by atoms with van der Waals surface area (Å²) in [7, 11) is 0. The van der Waals surface area contributed by atoms with E-state index in [0.717, 1.165) is 30.3 Å². The molecule has 0 unspecified atom stereocenters. The molecule has 0 spiro atoms. The van der Waals surface area contributed by atoms with E-state index in [-0.39, 0.29) is 23.0 Å². The van der Waals surface area contributed by atoms with Crippen LogP contribution in [0.1, 0.15) is 39.8 Å². The second-order valence-corrected chi connectivity index (χ2v) is 6.79. The van der Waals surface area contributed by atoms with Gasteiger partial charge in [-0.2, -0.15) is 0 Å². The molecule has 4 rings (SSSR count). The van der Waals surface area contributed by atoms with Crippen LogP contribution in [0.4, 0.5) is 8.78 Å². The van der Waals surface area contributed by atoms with E-state index < -0.39 is 17.5 Å². The first kappa shape index (κ1) is 15.9. The minimum atomic E-state index is -0.769. The number of aromatic amines is 1. The summed E-state index contributed by atoms with van der Waals surface area (Å²) in [6, 6.07) is 2.85. The highest BCUT2D eigenvalue weighted by molar-refractivity contribution is 5.94. The second kappa shape index (κ2) is 5.75. The number of hydrogen-bond acceptors (Lipinski definition) is 3. The summed E-state index contributed by atoms with van der Waals surface area (Å²) in [6.07, 6.45) is 1.43. The maximum absolute atomic E-state index is 13.4. The highest BCUT2D eigenvalue weighted by Gasteiger charge is 2.41. The molecule has 1 aromatic carbocycles. The number of aryl methyl sites for hydroxylation is 1. The number of amides is 1. The molecule has 0 radical (unpaired) electrons. The van der Waals surface area contributed by atoms with Crippen molar-refractivity contribution in [1.82, 2.24) is 14.9 Å². The van der Waals surface area contributed by atoms with Crippen LogP contribution >= 0.6 is 0 Å². The Morgan fingerprint density at radius 3 is 2.68 bits per heavy atom. The summed E-state index contributed by atoms with van der Waals surface area (Å²) < 4.78 is 26.8. The van der Waals surface area contributed by atoms with E-state index in [2.05, 4.69) is 9.97 Å². The van der Waals surface area contributed by atoms with Crippen molar-refractivity contribution in [2.45, 2.75) is 25.7 Å². The van der Waals surface area contributed by atoms with Gasteiger partial charge in [0.15, 0.2) is 0 Å². The summed E-state index contributed by atoms with van der Waals surface area (Å²) in [4.78, 5) is 33.6. The van der Waals surface area contributed by atoms with Gasteiger partial charge in [0.1, 0.15) is 17.5 Å². The van der Waals surface area contributed by atoms with Crippen molar-refractivity contribution in [3.8, 4) is 0 Å². The molecule has 7 heteroatoms. The van der Waals surface area contributed by atoms with Crippen molar-refractivity contribution in [2.24, 2.45) is 5.92 Å². The van der Waals surface area contributed by atoms with Crippen LogP contribution in [0.3, 0.4) is 0 Å². The van der Waals surface area contributed by atoms with E-state index in [1.54, 1.807) is 11.8 Å². The van der Waals surface area contributed by atoms with Crippen LogP contribution in [0.25, 0.3) is 0 Å². The number of aromatic nitrogens is 2. The maximum Gasteiger partial charge on any atom is 0.254 e. The van der Waals surface area contributed by atoms with Crippen LogP contribution < -0.4 is 5.56 Å². The molecular formula is C18H17F2N3O2. The molecule has 1 amide bonds. The SMILES string of the molecule is Cc1nc2c(c(=O)[nH]1)CC[C@@H]1CN(C(=O)c3cc(F)cc(F)c3)C[C@H]21. The van der Waals surface area contributed by atoms with E-state index in [0.29, 0.717) is 30.9 Å². The molecule has 25 heavy (non-hydrogen) atoms. The first-order valence-electron chi connectivity index (χ1n) is 8.27. The molecule has 1 aromatic heterocycles. The van der Waals surface area contributed by atoms with Gasteiger partial charge in [0, 0.05) is 36.2 Å². The molecule has 2 aromatic rings. The summed E-state index contributed by atoms with van der Waals surface area (Å²) in [5.74, 6) is -1.17. The summed E-state index contributed by atoms with van der Waals surface area (Å²) in [5, 5.41) is 0. The van der Waals surface area contributed by atoms with Gasteiger partial charge < -0.3 is 9.88 Å². The van der Waals surface area contributed by atoms with Crippen LogP contribution in [0.2, 0.25) is 0 Å². The van der Waals surface area contributed by atoms with Gasteiger partial charge in [-0.15, -0.1) is 0 Å². The lowest BCUT2D eigenvalue weighted by atomic mass is 9.80. The van der Waals surface area contributed by atoms with E-state index >= 15 is 0 Å². The fourth-order valence-corrected chi connectivity index (χ4v) is 4.01. The van der Waals surface area contributed by atoms with Crippen LogP contribution in [0.15, 0.2) is 23.0 Å². The van der Waals surface area contributed by atoms with Crippen molar-refractivity contribution in [1.29, 1.82) is 0 Å². The van der Waals surface area contributed by atoms with Gasteiger partial charge in [-0.3, -0.25) is 9.59 Å². The average molecular weight is 345 g/mol. The number of nitrogens with zero attached hydrogens (tertiary/aromatic N) is 2. The van der Waals surface area contributed by atoms with Gasteiger partial charge in [0.2, 0.25) is 0 Å². The Labute approximate surface area is 142 Å². The fourth-order valence-electron chi connectivity index (χ4n) is 4.01. The van der Waals surface area contributed by atoms with Gasteiger partial charge >= 0.3 is 0 Å². The first-order valence-corrected chi connectivity index (χ1v) is 8.27. The van der Waals surface area contributed by atoms with Gasteiger partial charge in [-0.1, -0.05) is 0 Å². The molecule has 2 aliphatic rings. The Morgan fingerprint density at radius 2 is 1.96 bits per heavy atom. The van der Waals surface area contributed by atoms with Crippen molar-refractivity contribution in [2.75, 3.05) is 13.1 Å². The Bertz CT molecular complexity index is 905. The van der Waals surface area contributed by atoms with Gasteiger partial charge in [-0.25, -0.2) is 13.8 Å². The van der Waals surface area contributed by atoms with E-state index in [1.165, 1.54) is 0 Å². The molecule has 1 saturated heterocycles. The zero-order chi connectivity index (χ0) is 17.7. The highest BCUT2D eigenvalue weighted by atomic mass is 19.1. The number of halogens is 2. The zero-order valence-corrected chi connectivity index (χ0v) is 13.7. The third kappa shape index (κ3) is 2.73. The number of H-pyrrole nitrogens is 1. The van der Waals surface area contributed by atoms with Crippen LogP contribution in [-0.2, 0) is 6.42 Å². The average Bonchev–Trinajstić information content (AvgIpc) is 2.97. The van der Waals surface area contributed by atoms with Crippen molar-refractivity contribution >= 4 is 5.91 Å². The number of likely N-dealkylation sites (tertiary alicyclic amines) is 1. The molecule has 2 heterocycles. The largest absolute Gasteiger partial charge is 0.338 e. The van der Waals surface area contributed by atoms with E-state index in [1.807, 2.05) is 0 Å². The monoisotopic (exact) mass is 345 g/mol. The number of benzene rings is 1. The number of hydrogen-bond donors (Lipinski definition) is 1. The predicted molar refractivity (Wildman–Crippen MR) is 86.4 cm³/mol. The molecule has 0 bridgehead atoms. The third-order valence-corrected chi connectivity index (χ3v) is 5.12. The Hall–Kier alpha value is -2.57. The number of rotatable bonds is 1. The highest BCUT2D eigenvalue weighted by Crippen LogP contribution is 2.39. The third-order valence-electron chi connectivity index (χ3n) is 5.12. The van der Waals surface area contributed by atoms with Crippen molar-refractivity contribution in [3.05, 3.63) is 62.8 Å². The van der Waals surface area contributed by atoms with Gasteiger partial charge in [-0.05, 0) is 37.8 Å². The van der Waals surface area contributed by atoms with Crippen molar-refractivity contribution < 1.29 is 13.6 Å². The van der Waals surface area contributed by atoms with Gasteiger partial charge in [0.05, 0.1) is 5.69 Å². The number of nitrogens with one attached hydrogen (secondary N) is 1. The zero-order valence-electron chi connectivity index (χ0n) is 13.7. The quantitative estimate of drug-likeness (QED) is 0.861. The number of carbonyl (C=O) groups is 1. The van der Waals surface area contributed by atoms with Crippen molar-refractivity contribution in [3.63, 3.8) is 0 Å². The first-order chi connectivity index (χ1) is 11.9. The lowest BCUT2D eigenvalue weighted by Gasteiger charge is -2.25. The molecule has 1 fully saturated rings. The molecule has 130 valence electrons. The molecular weight excluding hydrogens is 328 g/mol. The van der Waals surface area contributed by atoms with E-state index in [4.69, 9.17) is 0 Å². The molecule has 5 nitrogen and oxygen atoms in total. The van der Waals surface area contributed by atoms with Crippen LogP contribution in [0, 0.1) is 24.5 Å². The topological polar surface area (TPSA) is 66.1 Å². The Morgan fingerprint density at radius 1 is 1.24 bits per heavy atom. The Kier molecular flexibility index (Phi) is 3.67. The normalized spacial score (nSPS) is 21.8. The van der Waals surface area contributed by atoms with Crippen LogP contribution in [-0.4, -0.2) is 33.9 Å². The predicted octanol–water partition coefficient (Wildman–Crippen LogP) is 2.16. The fraction of sp³-hybridized carbons (Fsp3) is 0.389. The molecule has 0 saturated carbocycles. The summed E-state index contributed by atoms with van der Waals surface area (Å²) in [6.45, 7) is 2.65. The molecule has 2 atom stereocenters. The van der Waals surface area contributed by atoms with Gasteiger partial charge in [0.25, 0.3) is 11.5 Å². The standard InChI is InChI=1S/C18H17F2N3O2/c1-9-21-16-14(17(24)22-9)3-2-10-7-23(8-15(10)16)18(25)11-4-12(19)6-13(20)5-11/h4-6,10,15H,2-3,7-8H2,1H3,(H,21,22,24)/t10-,15+/m1/s1. The minimum absolute atomic E-state index is 0.00594. The lowest BCUT2D eigenvalue weighted by Crippen LogP contribution is -2.29. The smallest absolute Gasteiger partial charge is 0.254 e. The summed E-state index contributed by atoms with van der Waals surface area (Å²) >= 11 is 0. The van der Waals surface area contributed by atoms with Crippen LogP contribution in [0.5, 0.6) is 0 Å². The molecule has 1 aliphatic heterocycles. The molecule has 1 N–H and O–H groups in total. The van der Waals surface area contributed by atoms with E-state index in [9.17, 15) is 18.4 Å². The summed E-state index contributed by atoms with van der Waals surface area (Å²) in [5.41, 5.74) is 1.35. The molecule has 1 aliphatic carbocycles. The Balaban J connectivity index is 1.64. The second-order valence-electron chi connectivity index (χ2n) is 6.79.